The van der Waals surface area contributed by atoms with Crippen LogP contribution in [-0.4, -0.2) is 53.5 Å². The molecule has 0 aromatic carbocycles. The average Bonchev–Trinajstić information content (AvgIpc) is 3.55. The van der Waals surface area contributed by atoms with E-state index >= 15 is 0 Å². The van der Waals surface area contributed by atoms with Crippen LogP contribution in [-0.2, 0) is 6.54 Å². The van der Waals surface area contributed by atoms with Crippen molar-refractivity contribution in [2.75, 3.05) is 26.7 Å². The van der Waals surface area contributed by atoms with Gasteiger partial charge in [-0.2, -0.15) is 0 Å². The zero-order valence-corrected chi connectivity index (χ0v) is 22.3. The number of pyridine rings is 1. The van der Waals surface area contributed by atoms with Crippen molar-refractivity contribution in [2.45, 2.75) is 71.5 Å². The molecule has 192 valence electrons. The number of hydrogen-bond acceptors (Lipinski definition) is 6. The summed E-state index contributed by atoms with van der Waals surface area (Å²) in [5.74, 6) is 0.369. The van der Waals surface area contributed by atoms with Gasteiger partial charge in [0.2, 0.25) is 0 Å². The van der Waals surface area contributed by atoms with E-state index in [1.54, 1.807) is 6.20 Å². The first-order valence-electron chi connectivity index (χ1n) is 13.2. The molecule has 6 heteroatoms. The number of nitrogens with two attached hydrogens (primary N) is 1. The maximum absolute atomic E-state index is 5.61. The molecule has 35 heavy (non-hydrogen) atoms. The Morgan fingerprint density at radius 2 is 2.11 bits per heavy atom. The zero-order valence-electron chi connectivity index (χ0n) is 22.3. The molecule has 4 N–H and O–H groups in total. The highest BCUT2D eigenvalue weighted by Gasteiger charge is 2.30. The lowest BCUT2D eigenvalue weighted by Gasteiger charge is -2.36. The van der Waals surface area contributed by atoms with Crippen molar-refractivity contribution < 1.29 is 0 Å². The van der Waals surface area contributed by atoms with Crippen molar-refractivity contribution in [1.29, 1.82) is 0 Å². The predicted octanol–water partition coefficient (Wildman–Crippen LogP) is 4.43. The van der Waals surface area contributed by atoms with Gasteiger partial charge in [-0.25, -0.2) is 0 Å². The van der Waals surface area contributed by atoms with Crippen molar-refractivity contribution in [3.8, 4) is 0 Å². The lowest BCUT2D eigenvalue weighted by Crippen LogP contribution is -2.35. The van der Waals surface area contributed by atoms with Gasteiger partial charge in [0.15, 0.2) is 0 Å². The molecule has 0 spiro atoms. The predicted molar refractivity (Wildman–Crippen MR) is 147 cm³/mol. The minimum absolute atomic E-state index is 0.351. The Hall–Kier alpha value is -2.73. The van der Waals surface area contributed by atoms with Gasteiger partial charge >= 0.3 is 0 Å². The van der Waals surface area contributed by atoms with E-state index in [-0.39, 0.29) is 0 Å². The van der Waals surface area contributed by atoms with Gasteiger partial charge in [-0.1, -0.05) is 18.7 Å². The third-order valence-electron chi connectivity index (χ3n) is 7.34. The summed E-state index contributed by atoms with van der Waals surface area (Å²) in [6, 6.07) is 5.22. The van der Waals surface area contributed by atoms with Crippen molar-refractivity contribution in [2.24, 2.45) is 11.7 Å². The third-order valence-corrected chi connectivity index (χ3v) is 7.34. The Bertz CT molecular complexity index is 912. The van der Waals surface area contributed by atoms with Gasteiger partial charge in [0.1, 0.15) is 0 Å². The van der Waals surface area contributed by atoms with Gasteiger partial charge in [-0.05, 0) is 89.2 Å². The standard InChI is InChI=1S/C29H46N6/c1-22-17-26(12-14-33-22)21-35(24(3)9-8-13-32-23(2)19-30)29(20-31-5)25(4)27-10-11-28(18-27)34-15-6-7-16-34/h10-12,14,17,19-20,24,27-28,31-32H,4,6-9,13,15-16,18,21,30H2,1-3,5H3/b23-19+,29-20+. The van der Waals surface area contributed by atoms with Crippen molar-refractivity contribution in [3.05, 3.63) is 77.7 Å². The van der Waals surface area contributed by atoms with Crippen LogP contribution in [0.1, 0.15) is 57.2 Å². The highest BCUT2D eigenvalue weighted by Crippen LogP contribution is 2.35. The summed E-state index contributed by atoms with van der Waals surface area (Å²) in [6.45, 7) is 15.2. The first-order valence-corrected chi connectivity index (χ1v) is 13.2. The van der Waals surface area contributed by atoms with Crippen molar-refractivity contribution in [1.82, 2.24) is 25.4 Å². The molecule has 0 amide bonds. The fraction of sp³-hybridized carbons (Fsp3) is 0.552. The molecule has 0 radical (unpaired) electrons. The van der Waals surface area contributed by atoms with Gasteiger partial charge in [0.05, 0.1) is 5.70 Å². The van der Waals surface area contributed by atoms with Crippen molar-refractivity contribution >= 4 is 0 Å². The SMILES string of the molecule is C=C(/C(=C\NC)N(Cc1ccnc(C)c1)C(C)CCCN/C(C)=C/N)C1C=CC(N2CCCC2)C1. The number of aromatic nitrogens is 1. The summed E-state index contributed by atoms with van der Waals surface area (Å²) in [5.41, 5.74) is 11.4. The van der Waals surface area contributed by atoms with Crippen LogP contribution in [0.4, 0.5) is 0 Å². The van der Waals surface area contributed by atoms with Crippen LogP contribution < -0.4 is 16.4 Å². The molecule has 0 saturated carbocycles. The summed E-state index contributed by atoms with van der Waals surface area (Å²) >= 11 is 0. The average molecular weight is 479 g/mol. The van der Waals surface area contributed by atoms with Crippen LogP contribution >= 0.6 is 0 Å². The quantitative estimate of drug-likeness (QED) is 0.221. The van der Waals surface area contributed by atoms with E-state index < -0.39 is 0 Å². The number of nitrogens with one attached hydrogen (secondary N) is 2. The van der Waals surface area contributed by atoms with Gasteiger partial charge in [-0.15, -0.1) is 0 Å². The summed E-state index contributed by atoms with van der Waals surface area (Å²) in [7, 11) is 1.98. The topological polar surface area (TPSA) is 69.4 Å². The summed E-state index contributed by atoms with van der Waals surface area (Å²) in [4.78, 5) is 9.56. The molecule has 1 saturated heterocycles. The normalized spacial score (nSPS) is 21.8. The Kier molecular flexibility index (Phi) is 10.3. The van der Waals surface area contributed by atoms with Gasteiger partial charge in [0.25, 0.3) is 0 Å². The Morgan fingerprint density at radius 3 is 2.80 bits per heavy atom. The van der Waals surface area contributed by atoms with Crippen LogP contribution in [0.15, 0.2) is 66.4 Å². The second-order valence-electron chi connectivity index (χ2n) is 10.1. The van der Waals surface area contributed by atoms with Crippen molar-refractivity contribution in [3.63, 3.8) is 0 Å². The second-order valence-corrected chi connectivity index (χ2v) is 10.1. The first kappa shape index (κ1) is 26.9. The summed E-state index contributed by atoms with van der Waals surface area (Å²) in [6.07, 6.45) is 16.4. The van der Waals surface area contributed by atoms with E-state index in [0.29, 0.717) is 18.0 Å². The van der Waals surface area contributed by atoms with E-state index in [0.717, 1.165) is 43.7 Å². The molecule has 3 unspecified atom stereocenters. The lowest BCUT2D eigenvalue weighted by molar-refractivity contribution is 0.240. The van der Waals surface area contributed by atoms with Crippen LogP contribution in [0.3, 0.4) is 0 Å². The van der Waals surface area contributed by atoms with Gasteiger partial charge < -0.3 is 21.3 Å². The fourth-order valence-electron chi connectivity index (χ4n) is 5.24. The molecule has 0 bridgehead atoms. The van der Waals surface area contributed by atoms with Gasteiger partial charge in [0, 0.05) is 68.1 Å². The minimum atomic E-state index is 0.351. The van der Waals surface area contributed by atoms with E-state index in [1.807, 2.05) is 20.2 Å². The Labute approximate surface area is 213 Å². The smallest absolute Gasteiger partial charge is 0.0563 e. The minimum Gasteiger partial charge on any atom is -0.403 e. The summed E-state index contributed by atoms with van der Waals surface area (Å²) in [5, 5.41) is 6.70. The van der Waals surface area contributed by atoms with E-state index in [2.05, 4.69) is 76.3 Å². The maximum Gasteiger partial charge on any atom is 0.0563 e. The molecule has 1 aromatic rings. The second kappa shape index (κ2) is 13.4. The van der Waals surface area contributed by atoms with Crippen LogP contribution in [0.2, 0.25) is 0 Å². The highest BCUT2D eigenvalue weighted by molar-refractivity contribution is 5.35. The molecule has 1 aromatic heterocycles. The van der Waals surface area contributed by atoms with E-state index in [4.69, 9.17) is 5.73 Å². The van der Waals surface area contributed by atoms with Crippen LogP contribution in [0.5, 0.6) is 0 Å². The number of rotatable bonds is 13. The number of nitrogens with zero attached hydrogens (tertiary/aromatic N) is 3. The highest BCUT2D eigenvalue weighted by atomic mass is 15.2. The molecule has 1 aliphatic carbocycles. The Morgan fingerprint density at radius 1 is 1.34 bits per heavy atom. The molecular formula is C29H46N6. The summed E-state index contributed by atoms with van der Waals surface area (Å²) < 4.78 is 0. The number of aryl methyl sites for hydroxylation is 1. The molecule has 3 rings (SSSR count). The monoisotopic (exact) mass is 478 g/mol. The molecule has 2 heterocycles. The first-order chi connectivity index (χ1) is 16.9. The van der Waals surface area contributed by atoms with Crippen LogP contribution in [0, 0.1) is 12.8 Å². The number of hydrogen-bond donors (Lipinski definition) is 3. The lowest BCUT2D eigenvalue weighted by atomic mass is 9.94. The van der Waals surface area contributed by atoms with E-state index in [1.165, 1.54) is 42.8 Å². The van der Waals surface area contributed by atoms with Crippen LogP contribution in [0.25, 0.3) is 0 Å². The Balaban J connectivity index is 1.75. The third kappa shape index (κ3) is 7.63. The molecule has 6 nitrogen and oxygen atoms in total. The molecule has 1 aliphatic heterocycles. The van der Waals surface area contributed by atoms with E-state index in [9.17, 15) is 0 Å². The van der Waals surface area contributed by atoms with Gasteiger partial charge in [-0.3, -0.25) is 9.88 Å². The molecule has 3 atom stereocenters. The molecule has 1 fully saturated rings. The maximum atomic E-state index is 5.61. The zero-order chi connectivity index (χ0) is 25.2. The largest absolute Gasteiger partial charge is 0.403 e. The molecular weight excluding hydrogens is 432 g/mol. The molecule has 2 aliphatic rings. The fourth-order valence-corrected chi connectivity index (χ4v) is 5.24. The number of allylic oxidation sites excluding steroid dienone is 3. The number of likely N-dealkylation sites (tertiary alicyclic amines) is 1.